The van der Waals surface area contributed by atoms with Crippen molar-refractivity contribution >= 4 is 23.3 Å². The molecule has 1 aliphatic rings. The number of ketones is 3. The normalized spacial score (nSPS) is 13.1. The lowest BCUT2D eigenvalue weighted by Gasteiger charge is -2.13. The van der Waals surface area contributed by atoms with Crippen molar-refractivity contribution in [2.45, 2.75) is 13.5 Å². The molecular weight excluding hydrogens is 248 g/mol. The number of allylic oxidation sites excluding steroid dienone is 2. The average molecular weight is 258 g/mol. The number of rotatable bonds is 3. The predicted octanol–water partition coefficient (Wildman–Crippen LogP) is 0.222. The lowest BCUT2D eigenvalue weighted by molar-refractivity contribution is -0.136. The summed E-state index contributed by atoms with van der Waals surface area (Å²) in [6.07, 6.45) is 3.75. The van der Waals surface area contributed by atoms with Crippen molar-refractivity contribution in [1.82, 2.24) is 10.3 Å². The summed E-state index contributed by atoms with van der Waals surface area (Å²) >= 11 is 0. The van der Waals surface area contributed by atoms with Crippen LogP contribution in [-0.2, 0) is 16.1 Å². The Morgan fingerprint density at radius 1 is 1.21 bits per heavy atom. The van der Waals surface area contributed by atoms with Crippen LogP contribution in [0.5, 0.6) is 0 Å². The molecule has 0 spiro atoms. The van der Waals surface area contributed by atoms with E-state index in [2.05, 4.69) is 10.3 Å². The minimum absolute atomic E-state index is 0.0750. The van der Waals surface area contributed by atoms with Gasteiger partial charge >= 0.3 is 0 Å². The second-order valence-electron chi connectivity index (χ2n) is 3.98. The summed E-state index contributed by atoms with van der Waals surface area (Å²) in [5.74, 6) is -2.01. The van der Waals surface area contributed by atoms with Crippen molar-refractivity contribution in [3.63, 3.8) is 0 Å². The van der Waals surface area contributed by atoms with Crippen LogP contribution in [0.15, 0.2) is 24.4 Å². The first kappa shape index (κ1) is 12.8. The second kappa shape index (κ2) is 4.93. The van der Waals surface area contributed by atoms with E-state index in [1.807, 2.05) is 0 Å². The molecular formula is C13H10N2O4. The lowest BCUT2D eigenvalue weighted by Crippen LogP contribution is -2.30. The fourth-order valence-corrected chi connectivity index (χ4v) is 1.73. The Kier molecular flexibility index (Phi) is 3.33. The molecule has 19 heavy (non-hydrogen) atoms. The Morgan fingerprint density at radius 3 is 2.58 bits per heavy atom. The third kappa shape index (κ3) is 2.47. The third-order valence-corrected chi connectivity index (χ3v) is 2.66. The van der Waals surface area contributed by atoms with Gasteiger partial charge in [-0.05, 0) is 18.2 Å². The number of hydrogen-bond acceptors (Lipinski definition) is 5. The van der Waals surface area contributed by atoms with Gasteiger partial charge in [-0.3, -0.25) is 24.2 Å². The van der Waals surface area contributed by atoms with Gasteiger partial charge in [0, 0.05) is 18.7 Å². The molecule has 1 aromatic rings. The van der Waals surface area contributed by atoms with E-state index in [1.165, 1.54) is 24.4 Å². The molecule has 96 valence electrons. The fraction of sp³-hybridized carbons (Fsp3) is 0.154. The highest BCUT2D eigenvalue weighted by molar-refractivity contribution is 6.35. The van der Waals surface area contributed by atoms with E-state index in [4.69, 9.17) is 0 Å². The number of Topliss-reactive ketones (excluding diaryl/α,β-unsaturated/α-hetero) is 1. The van der Waals surface area contributed by atoms with Crippen molar-refractivity contribution in [2.75, 3.05) is 0 Å². The number of hydrogen-bond donors (Lipinski definition) is 1. The number of nitrogens with one attached hydrogen (secondary N) is 1. The Labute approximate surface area is 108 Å². The SMILES string of the molecule is CC(=O)C(=O)NCc1nccc2c1C(=O)C=CC2=O. The summed E-state index contributed by atoms with van der Waals surface area (Å²) < 4.78 is 0. The van der Waals surface area contributed by atoms with Crippen LogP contribution in [0.2, 0.25) is 0 Å². The van der Waals surface area contributed by atoms with Crippen LogP contribution in [0.1, 0.15) is 33.3 Å². The Balaban J connectivity index is 2.31. The summed E-state index contributed by atoms with van der Waals surface area (Å²) in [6.45, 7) is 1.06. The maximum absolute atomic E-state index is 11.8. The van der Waals surface area contributed by atoms with Gasteiger partial charge in [-0.1, -0.05) is 0 Å². The van der Waals surface area contributed by atoms with Crippen molar-refractivity contribution in [2.24, 2.45) is 0 Å². The van der Waals surface area contributed by atoms with Gasteiger partial charge in [0.25, 0.3) is 5.91 Å². The molecule has 0 saturated heterocycles. The van der Waals surface area contributed by atoms with E-state index in [0.29, 0.717) is 0 Å². The minimum Gasteiger partial charge on any atom is -0.344 e. The molecule has 0 aromatic carbocycles. The van der Waals surface area contributed by atoms with Crippen LogP contribution in [0.25, 0.3) is 0 Å². The highest BCUT2D eigenvalue weighted by atomic mass is 16.2. The minimum atomic E-state index is -0.760. The Hall–Kier alpha value is -2.63. The van der Waals surface area contributed by atoms with Crippen LogP contribution in [0, 0.1) is 0 Å². The van der Waals surface area contributed by atoms with Crippen molar-refractivity contribution in [1.29, 1.82) is 0 Å². The maximum Gasteiger partial charge on any atom is 0.287 e. The number of nitrogens with zero attached hydrogens (tertiary/aromatic N) is 1. The van der Waals surface area contributed by atoms with Gasteiger partial charge in [0.05, 0.1) is 17.8 Å². The van der Waals surface area contributed by atoms with Gasteiger partial charge < -0.3 is 5.32 Å². The van der Waals surface area contributed by atoms with Gasteiger partial charge in [-0.2, -0.15) is 0 Å². The molecule has 0 saturated carbocycles. The molecule has 0 radical (unpaired) electrons. The number of amides is 1. The first-order chi connectivity index (χ1) is 9.00. The lowest BCUT2D eigenvalue weighted by atomic mass is 9.94. The quantitative estimate of drug-likeness (QED) is 0.783. The monoisotopic (exact) mass is 258 g/mol. The van der Waals surface area contributed by atoms with Crippen LogP contribution in [0.4, 0.5) is 0 Å². The van der Waals surface area contributed by atoms with E-state index in [9.17, 15) is 19.2 Å². The predicted molar refractivity (Wildman–Crippen MR) is 64.6 cm³/mol. The van der Waals surface area contributed by atoms with E-state index in [1.54, 1.807) is 0 Å². The van der Waals surface area contributed by atoms with Gasteiger partial charge in [0.1, 0.15) is 0 Å². The summed E-state index contributed by atoms with van der Waals surface area (Å²) in [4.78, 5) is 49.3. The van der Waals surface area contributed by atoms with Crippen LogP contribution >= 0.6 is 0 Å². The zero-order valence-electron chi connectivity index (χ0n) is 10.1. The summed E-state index contributed by atoms with van der Waals surface area (Å²) in [6, 6.07) is 1.45. The van der Waals surface area contributed by atoms with Crippen molar-refractivity contribution in [3.05, 3.63) is 41.2 Å². The number of pyridine rings is 1. The Morgan fingerprint density at radius 2 is 1.89 bits per heavy atom. The molecule has 0 fully saturated rings. The molecule has 0 bridgehead atoms. The zero-order chi connectivity index (χ0) is 14.0. The Bertz CT molecular complexity index is 632. The molecule has 2 rings (SSSR count). The summed E-state index contributed by atoms with van der Waals surface area (Å²) in [5.41, 5.74) is 0.711. The topological polar surface area (TPSA) is 93.2 Å². The van der Waals surface area contributed by atoms with Crippen LogP contribution in [0.3, 0.4) is 0 Å². The number of carbonyl (C=O) groups is 4. The number of aromatic nitrogens is 1. The molecule has 0 atom stereocenters. The van der Waals surface area contributed by atoms with Crippen LogP contribution in [-0.4, -0.2) is 28.2 Å². The van der Waals surface area contributed by atoms with E-state index >= 15 is 0 Å². The van der Waals surface area contributed by atoms with Gasteiger partial charge in [0.15, 0.2) is 11.6 Å². The highest BCUT2D eigenvalue weighted by Gasteiger charge is 2.23. The maximum atomic E-state index is 11.8. The van der Waals surface area contributed by atoms with Gasteiger partial charge in [0.2, 0.25) is 5.78 Å². The highest BCUT2D eigenvalue weighted by Crippen LogP contribution is 2.19. The molecule has 1 amide bonds. The van der Waals surface area contributed by atoms with Gasteiger partial charge in [-0.15, -0.1) is 0 Å². The molecule has 1 N–H and O–H groups in total. The average Bonchev–Trinajstić information content (AvgIpc) is 2.40. The fourth-order valence-electron chi connectivity index (χ4n) is 1.73. The van der Waals surface area contributed by atoms with Gasteiger partial charge in [-0.25, -0.2) is 0 Å². The van der Waals surface area contributed by atoms with Crippen molar-refractivity contribution in [3.8, 4) is 0 Å². The second-order valence-corrected chi connectivity index (χ2v) is 3.98. The zero-order valence-corrected chi connectivity index (χ0v) is 10.1. The number of carbonyl (C=O) groups excluding carboxylic acids is 4. The molecule has 0 unspecified atom stereocenters. The van der Waals surface area contributed by atoms with Crippen molar-refractivity contribution < 1.29 is 19.2 Å². The molecule has 1 aromatic heterocycles. The molecule has 0 aliphatic heterocycles. The number of fused-ring (bicyclic) bond motifs is 1. The first-order valence-corrected chi connectivity index (χ1v) is 5.54. The van der Waals surface area contributed by atoms with E-state index in [0.717, 1.165) is 6.92 Å². The largest absolute Gasteiger partial charge is 0.344 e. The molecule has 1 aliphatic carbocycles. The molecule has 1 heterocycles. The molecule has 6 heteroatoms. The summed E-state index contributed by atoms with van der Waals surface area (Å²) in [7, 11) is 0. The standard InChI is InChI=1S/C13H10N2O4/c1-7(16)13(19)15-6-9-12-8(4-5-14-9)10(17)2-3-11(12)18/h2-5H,6H2,1H3,(H,15,19). The molecule has 6 nitrogen and oxygen atoms in total. The van der Waals surface area contributed by atoms with Crippen LogP contribution < -0.4 is 5.32 Å². The third-order valence-electron chi connectivity index (χ3n) is 2.66. The first-order valence-electron chi connectivity index (χ1n) is 5.54. The smallest absolute Gasteiger partial charge is 0.287 e. The van der Waals surface area contributed by atoms with E-state index < -0.39 is 11.7 Å². The summed E-state index contributed by atoms with van der Waals surface area (Å²) in [5, 5.41) is 2.35. The van der Waals surface area contributed by atoms with E-state index in [-0.39, 0.29) is 34.9 Å².